The van der Waals surface area contributed by atoms with Crippen LogP contribution in [0.3, 0.4) is 0 Å². The highest BCUT2D eigenvalue weighted by atomic mass is 16.1. The molecule has 0 spiro atoms. The molecule has 6 heteroatoms. The van der Waals surface area contributed by atoms with E-state index >= 15 is 0 Å². The first-order valence-electron chi connectivity index (χ1n) is 6.18. The van der Waals surface area contributed by atoms with Crippen LogP contribution in [0.15, 0.2) is 12.4 Å². The molecule has 0 saturated carbocycles. The first-order valence-corrected chi connectivity index (χ1v) is 6.18. The van der Waals surface area contributed by atoms with Crippen molar-refractivity contribution < 1.29 is 4.79 Å². The molecule has 0 aromatic carbocycles. The van der Waals surface area contributed by atoms with Gasteiger partial charge in [-0.05, 0) is 26.3 Å². The van der Waals surface area contributed by atoms with Crippen molar-refractivity contribution in [3.8, 4) is 5.95 Å². The quantitative estimate of drug-likeness (QED) is 0.914. The predicted molar refractivity (Wildman–Crippen MR) is 72.3 cm³/mol. The van der Waals surface area contributed by atoms with Crippen LogP contribution in [0, 0.1) is 20.8 Å². The monoisotopic (exact) mass is 259 g/mol. The summed E-state index contributed by atoms with van der Waals surface area (Å²) in [6, 6.07) is 0. The van der Waals surface area contributed by atoms with Crippen molar-refractivity contribution in [3.05, 3.63) is 29.3 Å². The van der Waals surface area contributed by atoms with E-state index in [1.165, 1.54) is 0 Å². The molecule has 19 heavy (non-hydrogen) atoms. The van der Waals surface area contributed by atoms with Crippen molar-refractivity contribution in [1.82, 2.24) is 19.7 Å². The maximum Gasteiger partial charge on any atom is 0.250 e. The minimum absolute atomic E-state index is 0.0571. The third kappa shape index (κ3) is 2.62. The smallest absolute Gasteiger partial charge is 0.250 e. The standard InChI is InChI=1S/C13H17N5O/c1-5-12(19)16-11-6-14-13(15-7-11)18-10(4)8(2)9(3)17-18/h6-7H,5H2,1-4H3,(H,16,19). The number of carbonyl (C=O) groups excluding carboxylic acids is 1. The zero-order valence-electron chi connectivity index (χ0n) is 11.6. The SMILES string of the molecule is CCC(=O)Nc1cnc(-n2nc(C)c(C)c2C)nc1. The van der Waals surface area contributed by atoms with Crippen molar-refractivity contribution >= 4 is 11.6 Å². The van der Waals surface area contributed by atoms with Crippen LogP contribution in [0.1, 0.15) is 30.3 Å². The number of hydrogen-bond acceptors (Lipinski definition) is 4. The summed E-state index contributed by atoms with van der Waals surface area (Å²) in [5, 5.41) is 7.10. The average molecular weight is 259 g/mol. The number of aryl methyl sites for hydroxylation is 1. The fourth-order valence-corrected chi connectivity index (χ4v) is 1.66. The number of carbonyl (C=O) groups is 1. The lowest BCUT2D eigenvalue weighted by Gasteiger charge is -2.05. The zero-order valence-corrected chi connectivity index (χ0v) is 11.6. The topological polar surface area (TPSA) is 72.7 Å². The van der Waals surface area contributed by atoms with Crippen LogP contribution in [0.2, 0.25) is 0 Å². The first-order chi connectivity index (χ1) is 9.02. The highest BCUT2D eigenvalue weighted by Gasteiger charge is 2.11. The van der Waals surface area contributed by atoms with E-state index < -0.39 is 0 Å². The Hall–Kier alpha value is -2.24. The summed E-state index contributed by atoms with van der Waals surface area (Å²) in [6.07, 6.45) is 3.60. The third-order valence-electron chi connectivity index (χ3n) is 3.09. The summed E-state index contributed by atoms with van der Waals surface area (Å²) in [6.45, 7) is 7.74. The maximum absolute atomic E-state index is 11.3. The molecule has 0 bridgehead atoms. The molecule has 0 fully saturated rings. The van der Waals surface area contributed by atoms with Gasteiger partial charge in [0.05, 0.1) is 23.8 Å². The van der Waals surface area contributed by atoms with Gasteiger partial charge in [-0.1, -0.05) is 6.92 Å². The number of nitrogens with zero attached hydrogens (tertiary/aromatic N) is 4. The Morgan fingerprint density at radius 1 is 1.26 bits per heavy atom. The molecule has 2 aromatic rings. The molecular weight excluding hydrogens is 242 g/mol. The molecule has 6 nitrogen and oxygen atoms in total. The van der Waals surface area contributed by atoms with Crippen molar-refractivity contribution in [3.63, 3.8) is 0 Å². The van der Waals surface area contributed by atoms with Gasteiger partial charge in [0.1, 0.15) is 0 Å². The molecule has 2 aromatic heterocycles. The Balaban J connectivity index is 2.27. The van der Waals surface area contributed by atoms with Gasteiger partial charge >= 0.3 is 0 Å². The van der Waals surface area contributed by atoms with E-state index in [0.717, 1.165) is 17.0 Å². The molecule has 100 valence electrons. The van der Waals surface area contributed by atoms with E-state index in [-0.39, 0.29) is 5.91 Å². The molecular formula is C13H17N5O. The molecule has 0 atom stereocenters. The second-order valence-electron chi connectivity index (χ2n) is 4.38. The number of hydrogen-bond donors (Lipinski definition) is 1. The fourth-order valence-electron chi connectivity index (χ4n) is 1.66. The summed E-state index contributed by atoms with van der Waals surface area (Å²) in [5.74, 6) is 0.446. The molecule has 1 amide bonds. The number of rotatable bonds is 3. The molecule has 2 heterocycles. The minimum Gasteiger partial charge on any atom is -0.323 e. The largest absolute Gasteiger partial charge is 0.323 e. The van der Waals surface area contributed by atoms with Crippen molar-refractivity contribution in [2.24, 2.45) is 0 Å². The third-order valence-corrected chi connectivity index (χ3v) is 3.09. The molecule has 0 saturated heterocycles. The summed E-state index contributed by atoms with van der Waals surface area (Å²) in [5.41, 5.74) is 3.70. The Bertz CT molecular complexity index is 600. The van der Waals surface area contributed by atoms with Gasteiger partial charge in [0.2, 0.25) is 5.91 Å². The Labute approximate surface area is 111 Å². The lowest BCUT2D eigenvalue weighted by molar-refractivity contribution is -0.115. The molecule has 0 radical (unpaired) electrons. The normalized spacial score (nSPS) is 10.5. The van der Waals surface area contributed by atoms with Gasteiger partial charge in [0, 0.05) is 12.1 Å². The molecule has 0 unspecified atom stereocenters. The Morgan fingerprint density at radius 3 is 2.37 bits per heavy atom. The predicted octanol–water partition coefficient (Wildman–Crippen LogP) is 1.94. The lowest BCUT2D eigenvalue weighted by atomic mass is 10.2. The summed E-state index contributed by atoms with van der Waals surface area (Å²) >= 11 is 0. The van der Waals surface area contributed by atoms with E-state index in [1.807, 2.05) is 20.8 Å². The highest BCUT2D eigenvalue weighted by Crippen LogP contribution is 2.14. The zero-order chi connectivity index (χ0) is 14.0. The highest BCUT2D eigenvalue weighted by molar-refractivity contribution is 5.90. The summed E-state index contributed by atoms with van der Waals surface area (Å²) < 4.78 is 1.70. The lowest BCUT2D eigenvalue weighted by Crippen LogP contribution is -2.11. The van der Waals surface area contributed by atoms with Crippen LogP contribution in [0.4, 0.5) is 5.69 Å². The number of anilines is 1. The Kier molecular flexibility index (Phi) is 3.59. The van der Waals surface area contributed by atoms with E-state index in [9.17, 15) is 4.79 Å². The van der Waals surface area contributed by atoms with Gasteiger partial charge in [0.25, 0.3) is 5.95 Å². The van der Waals surface area contributed by atoms with Gasteiger partial charge < -0.3 is 5.32 Å². The molecule has 1 N–H and O–H groups in total. The van der Waals surface area contributed by atoms with Gasteiger partial charge in [-0.2, -0.15) is 5.10 Å². The summed E-state index contributed by atoms with van der Waals surface area (Å²) in [4.78, 5) is 19.7. The van der Waals surface area contributed by atoms with Crippen molar-refractivity contribution in [2.75, 3.05) is 5.32 Å². The second kappa shape index (κ2) is 5.17. The average Bonchev–Trinajstić information content (AvgIpc) is 2.67. The number of nitrogens with one attached hydrogen (secondary N) is 1. The first kappa shape index (κ1) is 13.2. The van der Waals surface area contributed by atoms with Crippen LogP contribution >= 0.6 is 0 Å². The maximum atomic E-state index is 11.3. The van der Waals surface area contributed by atoms with Crippen LogP contribution in [0.5, 0.6) is 0 Å². The number of amides is 1. The summed E-state index contributed by atoms with van der Waals surface area (Å²) in [7, 11) is 0. The minimum atomic E-state index is -0.0571. The Morgan fingerprint density at radius 2 is 1.89 bits per heavy atom. The van der Waals surface area contributed by atoms with Crippen molar-refractivity contribution in [1.29, 1.82) is 0 Å². The van der Waals surface area contributed by atoms with Crippen LogP contribution in [0.25, 0.3) is 5.95 Å². The van der Waals surface area contributed by atoms with E-state index in [0.29, 0.717) is 18.1 Å². The fraction of sp³-hybridized carbons (Fsp3) is 0.385. The van der Waals surface area contributed by atoms with Gasteiger partial charge in [-0.15, -0.1) is 0 Å². The van der Waals surface area contributed by atoms with Crippen LogP contribution in [-0.2, 0) is 4.79 Å². The van der Waals surface area contributed by atoms with E-state index in [1.54, 1.807) is 24.0 Å². The van der Waals surface area contributed by atoms with Gasteiger partial charge in [-0.25, -0.2) is 14.6 Å². The molecule has 2 rings (SSSR count). The molecule has 0 aliphatic rings. The second-order valence-corrected chi connectivity index (χ2v) is 4.38. The van der Waals surface area contributed by atoms with Crippen molar-refractivity contribution in [2.45, 2.75) is 34.1 Å². The van der Waals surface area contributed by atoms with E-state index in [4.69, 9.17) is 0 Å². The number of aromatic nitrogens is 4. The van der Waals surface area contributed by atoms with Crippen LogP contribution in [-0.4, -0.2) is 25.7 Å². The van der Waals surface area contributed by atoms with E-state index in [2.05, 4.69) is 20.4 Å². The molecule has 0 aliphatic heterocycles. The van der Waals surface area contributed by atoms with Gasteiger partial charge in [0.15, 0.2) is 0 Å². The van der Waals surface area contributed by atoms with Gasteiger partial charge in [-0.3, -0.25) is 4.79 Å². The van der Waals surface area contributed by atoms with Crippen LogP contribution < -0.4 is 5.32 Å². The molecule has 0 aliphatic carbocycles.